The van der Waals surface area contributed by atoms with Gasteiger partial charge in [-0.15, -0.1) is 0 Å². The third kappa shape index (κ3) is 3.41. The number of nitrogens with zero attached hydrogens (tertiary/aromatic N) is 1. The first-order chi connectivity index (χ1) is 9.38. The van der Waals surface area contributed by atoms with E-state index in [0.717, 1.165) is 12.8 Å². The van der Waals surface area contributed by atoms with Gasteiger partial charge in [0.25, 0.3) is 5.56 Å². The molecule has 0 bridgehead atoms. The second kappa shape index (κ2) is 6.60. The molecule has 7 heteroatoms. The number of methoxy groups -OCH3 is 1. The number of rotatable bonds is 7. The maximum Gasteiger partial charge on any atom is 0.330 e. The summed E-state index contributed by atoms with van der Waals surface area (Å²) in [6, 6.07) is 0. The summed E-state index contributed by atoms with van der Waals surface area (Å²) >= 11 is 0. The average Bonchev–Trinajstić information content (AvgIpc) is 2.43. The number of hydrogen-bond donors (Lipinski definition) is 3. The van der Waals surface area contributed by atoms with Crippen molar-refractivity contribution in [3.05, 3.63) is 20.8 Å². The molecule has 0 fully saturated rings. The minimum Gasteiger partial charge on any atom is -0.383 e. The van der Waals surface area contributed by atoms with Crippen LogP contribution in [0.15, 0.2) is 9.59 Å². The van der Waals surface area contributed by atoms with Gasteiger partial charge in [0.05, 0.1) is 13.2 Å². The molecule has 0 aliphatic rings. The first kappa shape index (κ1) is 16.3. The van der Waals surface area contributed by atoms with E-state index in [1.54, 1.807) is 0 Å². The van der Waals surface area contributed by atoms with Crippen LogP contribution >= 0.6 is 0 Å². The van der Waals surface area contributed by atoms with E-state index in [2.05, 4.69) is 10.3 Å². The zero-order valence-corrected chi connectivity index (χ0v) is 12.6. The SMILES string of the molecule is CCC(C)(CC)Nc1c(N)n(CCOC)c(=O)[nH]c1=O. The highest BCUT2D eigenvalue weighted by molar-refractivity contribution is 5.61. The fraction of sp³-hybridized carbons (Fsp3) is 0.692. The highest BCUT2D eigenvalue weighted by Gasteiger charge is 2.23. The number of aromatic amines is 1. The van der Waals surface area contributed by atoms with Crippen molar-refractivity contribution in [1.82, 2.24) is 9.55 Å². The van der Waals surface area contributed by atoms with E-state index in [1.807, 2.05) is 20.8 Å². The van der Waals surface area contributed by atoms with Gasteiger partial charge in [0, 0.05) is 12.6 Å². The topological polar surface area (TPSA) is 102 Å². The lowest BCUT2D eigenvalue weighted by atomic mass is 9.95. The lowest BCUT2D eigenvalue weighted by Crippen LogP contribution is -2.40. The molecule has 1 rings (SSSR count). The number of nitrogen functional groups attached to an aromatic ring is 1. The summed E-state index contributed by atoms with van der Waals surface area (Å²) in [5.74, 6) is 0.143. The Hall–Kier alpha value is -1.76. The predicted octanol–water partition coefficient (Wildman–Crippen LogP) is 0.756. The molecule has 0 atom stereocenters. The Labute approximate surface area is 118 Å². The zero-order valence-electron chi connectivity index (χ0n) is 12.6. The van der Waals surface area contributed by atoms with Gasteiger partial charge >= 0.3 is 5.69 Å². The first-order valence-corrected chi connectivity index (χ1v) is 6.78. The van der Waals surface area contributed by atoms with E-state index >= 15 is 0 Å². The monoisotopic (exact) mass is 284 g/mol. The van der Waals surface area contributed by atoms with Gasteiger partial charge in [0.1, 0.15) is 11.5 Å². The standard InChI is InChI=1S/C13H24N4O3/c1-5-13(3,6-2)16-9-10(14)17(7-8-20-4)12(19)15-11(9)18/h16H,5-8,14H2,1-4H3,(H,15,18,19). The van der Waals surface area contributed by atoms with Crippen molar-refractivity contribution in [3.8, 4) is 0 Å². The van der Waals surface area contributed by atoms with Crippen LogP contribution in [0.4, 0.5) is 11.5 Å². The van der Waals surface area contributed by atoms with Crippen LogP contribution in [0.5, 0.6) is 0 Å². The van der Waals surface area contributed by atoms with Crippen LogP contribution in [-0.2, 0) is 11.3 Å². The number of nitrogens with one attached hydrogen (secondary N) is 2. The van der Waals surface area contributed by atoms with Crippen LogP contribution in [0.25, 0.3) is 0 Å². The average molecular weight is 284 g/mol. The Morgan fingerprint density at radius 3 is 2.45 bits per heavy atom. The molecule has 0 radical (unpaired) electrons. The van der Waals surface area contributed by atoms with Crippen molar-refractivity contribution >= 4 is 11.5 Å². The number of nitrogens with two attached hydrogens (primary N) is 1. The van der Waals surface area contributed by atoms with Crippen molar-refractivity contribution in [2.75, 3.05) is 24.8 Å². The largest absolute Gasteiger partial charge is 0.383 e. The summed E-state index contributed by atoms with van der Waals surface area (Å²) in [7, 11) is 1.54. The van der Waals surface area contributed by atoms with Crippen LogP contribution in [0, 0.1) is 0 Å². The van der Waals surface area contributed by atoms with Gasteiger partial charge in [0.2, 0.25) is 0 Å². The number of aromatic nitrogens is 2. The van der Waals surface area contributed by atoms with Crippen molar-refractivity contribution in [2.45, 2.75) is 45.7 Å². The fourth-order valence-electron chi connectivity index (χ4n) is 1.84. The van der Waals surface area contributed by atoms with Crippen molar-refractivity contribution in [1.29, 1.82) is 0 Å². The molecule has 0 aliphatic carbocycles. The highest BCUT2D eigenvalue weighted by atomic mass is 16.5. The molecule has 0 amide bonds. The molecule has 0 aromatic carbocycles. The Morgan fingerprint density at radius 2 is 1.95 bits per heavy atom. The number of anilines is 2. The highest BCUT2D eigenvalue weighted by Crippen LogP contribution is 2.22. The van der Waals surface area contributed by atoms with Crippen molar-refractivity contribution < 1.29 is 4.74 Å². The van der Waals surface area contributed by atoms with E-state index in [9.17, 15) is 9.59 Å². The van der Waals surface area contributed by atoms with Gasteiger partial charge in [0.15, 0.2) is 0 Å². The Balaban J connectivity index is 3.26. The Kier molecular flexibility index (Phi) is 5.38. The maximum atomic E-state index is 12.0. The second-order valence-corrected chi connectivity index (χ2v) is 5.06. The molecule has 114 valence electrons. The lowest BCUT2D eigenvalue weighted by Gasteiger charge is -2.30. The molecule has 4 N–H and O–H groups in total. The van der Waals surface area contributed by atoms with Gasteiger partial charge < -0.3 is 15.8 Å². The van der Waals surface area contributed by atoms with Crippen molar-refractivity contribution in [3.63, 3.8) is 0 Å². The summed E-state index contributed by atoms with van der Waals surface area (Å²) in [6.45, 7) is 6.70. The minimum absolute atomic E-state index is 0.143. The molecule has 0 unspecified atom stereocenters. The molecule has 0 aliphatic heterocycles. The van der Waals surface area contributed by atoms with Gasteiger partial charge in [-0.1, -0.05) is 13.8 Å². The van der Waals surface area contributed by atoms with E-state index in [4.69, 9.17) is 10.5 Å². The van der Waals surface area contributed by atoms with E-state index in [1.165, 1.54) is 11.7 Å². The molecule has 1 heterocycles. The molecule has 1 aromatic heterocycles. The van der Waals surface area contributed by atoms with Crippen LogP contribution < -0.4 is 22.3 Å². The fourth-order valence-corrected chi connectivity index (χ4v) is 1.84. The first-order valence-electron chi connectivity index (χ1n) is 6.78. The molecular formula is C13H24N4O3. The van der Waals surface area contributed by atoms with Crippen molar-refractivity contribution in [2.24, 2.45) is 0 Å². The zero-order chi connectivity index (χ0) is 15.3. The van der Waals surface area contributed by atoms with E-state index in [0.29, 0.717) is 13.2 Å². The summed E-state index contributed by atoms with van der Waals surface area (Å²) < 4.78 is 6.25. The second-order valence-electron chi connectivity index (χ2n) is 5.06. The smallest absolute Gasteiger partial charge is 0.330 e. The Morgan fingerprint density at radius 1 is 1.35 bits per heavy atom. The van der Waals surface area contributed by atoms with Gasteiger partial charge in [-0.05, 0) is 19.8 Å². The third-order valence-electron chi connectivity index (χ3n) is 3.75. The van der Waals surface area contributed by atoms with Crippen LogP contribution in [-0.4, -0.2) is 28.8 Å². The van der Waals surface area contributed by atoms with Crippen LogP contribution in [0.2, 0.25) is 0 Å². The van der Waals surface area contributed by atoms with Crippen LogP contribution in [0.1, 0.15) is 33.6 Å². The van der Waals surface area contributed by atoms with E-state index < -0.39 is 11.2 Å². The maximum absolute atomic E-state index is 12.0. The lowest BCUT2D eigenvalue weighted by molar-refractivity contribution is 0.186. The Bertz CT molecular complexity index is 558. The molecule has 1 aromatic rings. The summed E-state index contributed by atoms with van der Waals surface area (Å²) in [4.78, 5) is 26.0. The minimum atomic E-state index is -0.523. The predicted molar refractivity (Wildman–Crippen MR) is 80.2 cm³/mol. The molecular weight excluding hydrogens is 260 g/mol. The van der Waals surface area contributed by atoms with Gasteiger partial charge in [-0.3, -0.25) is 14.3 Å². The number of ether oxygens (including phenoxy) is 1. The summed E-state index contributed by atoms with van der Waals surface area (Å²) in [5.41, 5.74) is 4.95. The molecule has 7 nitrogen and oxygen atoms in total. The van der Waals surface area contributed by atoms with Crippen LogP contribution in [0.3, 0.4) is 0 Å². The number of H-pyrrole nitrogens is 1. The van der Waals surface area contributed by atoms with E-state index in [-0.39, 0.29) is 17.0 Å². The molecule has 0 saturated heterocycles. The number of hydrogen-bond acceptors (Lipinski definition) is 5. The molecule has 0 spiro atoms. The summed E-state index contributed by atoms with van der Waals surface area (Å²) in [5, 5.41) is 3.17. The third-order valence-corrected chi connectivity index (χ3v) is 3.75. The molecule has 0 saturated carbocycles. The van der Waals surface area contributed by atoms with Gasteiger partial charge in [-0.25, -0.2) is 4.79 Å². The normalized spacial score (nSPS) is 11.6. The summed E-state index contributed by atoms with van der Waals surface area (Å²) in [6.07, 6.45) is 1.67. The molecule has 20 heavy (non-hydrogen) atoms. The quantitative estimate of drug-likeness (QED) is 0.686. The van der Waals surface area contributed by atoms with Gasteiger partial charge in [-0.2, -0.15) is 0 Å².